The smallest absolute Gasteiger partial charge is 0.0954 e. The minimum Gasteiger partial charge on any atom is -0.298 e. The van der Waals surface area contributed by atoms with Gasteiger partial charge in [0.2, 0.25) is 0 Å². The van der Waals surface area contributed by atoms with Gasteiger partial charge in [-0.25, -0.2) is 5.11 Å². The third-order valence-corrected chi connectivity index (χ3v) is 4.14. The Labute approximate surface area is 87.3 Å². The van der Waals surface area contributed by atoms with Crippen LogP contribution in [-0.2, 0) is 5.11 Å². The average Bonchev–Trinajstić information content (AvgIpc) is 2.19. The molecule has 1 aliphatic carbocycles. The monoisotopic (exact) mass is 196 g/mol. The molecule has 81 valence electrons. The molecule has 0 aromatic carbocycles. The highest BCUT2D eigenvalue weighted by atomic mass is 16.3. The second-order valence-electron chi connectivity index (χ2n) is 5.24. The molecule has 2 heteroatoms. The van der Waals surface area contributed by atoms with Gasteiger partial charge in [0.1, 0.15) is 0 Å². The summed E-state index contributed by atoms with van der Waals surface area (Å²) in [4.78, 5) is 2.58. The molecule has 0 bridgehead atoms. The Balaban J connectivity index is 1.92. The number of likely N-dealkylation sites (tertiary alicyclic amines) is 1. The molecule has 0 N–H and O–H groups in total. The van der Waals surface area contributed by atoms with E-state index >= 15 is 0 Å². The van der Waals surface area contributed by atoms with E-state index in [0.29, 0.717) is 5.54 Å². The second kappa shape index (κ2) is 4.19. The minimum absolute atomic E-state index is 0.279. The third kappa shape index (κ3) is 2.12. The normalized spacial score (nSPS) is 30.4. The maximum absolute atomic E-state index is 11.3. The lowest BCUT2D eigenvalue weighted by atomic mass is 9.81. The van der Waals surface area contributed by atoms with E-state index in [1.165, 1.54) is 32.1 Å². The highest BCUT2D eigenvalue weighted by Crippen LogP contribution is 2.34. The van der Waals surface area contributed by atoms with Crippen LogP contribution < -0.4 is 0 Å². The number of piperidine rings is 1. The molecule has 1 aliphatic heterocycles. The molecule has 1 saturated carbocycles. The Kier molecular flexibility index (Phi) is 3.13. The first kappa shape index (κ1) is 10.4. The number of rotatable bonds is 1. The number of hydrogen-bond acceptors (Lipinski definition) is 1. The van der Waals surface area contributed by atoms with Gasteiger partial charge in [0.15, 0.2) is 0 Å². The van der Waals surface area contributed by atoms with E-state index in [1.54, 1.807) is 0 Å². The van der Waals surface area contributed by atoms with E-state index in [2.05, 4.69) is 11.8 Å². The Bertz CT molecular complexity index is 179. The summed E-state index contributed by atoms with van der Waals surface area (Å²) in [5, 5.41) is 11.3. The van der Waals surface area contributed by atoms with Crippen LogP contribution in [0.1, 0.15) is 51.9 Å². The first-order chi connectivity index (χ1) is 6.71. The Morgan fingerprint density at radius 3 is 2.21 bits per heavy atom. The van der Waals surface area contributed by atoms with Gasteiger partial charge in [0.25, 0.3) is 0 Å². The quantitative estimate of drug-likeness (QED) is 0.632. The molecule has 0 atom stereocenters. The lowest BCUT2D eigenvalue weighted by Crippen LogP contribution is -2.51. The molecule has 1 heterocycles. The topological polar surface area (TPSA) is 23.1 Å². The SMILES string of the molecule is CC1(N2CCC([O])CC2)CCCCC1. The zero-order chi connectivity index (χ0) is 10.0. The van der Waals surface area contributed by atoms with Crippen LogP contribution in [0.25, 0.3) is 0 Å². The summed E-state index contributed by atoms with van der Waals surface area (Å²) in [6.07, 6.45) is 8.33. The lowest BCUT2D eigenvalue weighted by molar-refractivity contribution is -0.0200. The summed E-state index contributed by atoms with van der Waals surface area (Å²) in [5.74, 6) is 0. The fourth-order valence-corrected chi connectivity index (χ4v) is 3.03. The van der Waals surface area contributed by atoms with Crippen molar-refractivity contribution in [3.8, 4) is 0 Å². The van der Waals surface area contributed by atoms with Crippen molar-refractivity contribution in [2.75, 3.05) is 13.1 Å². The Morgan fingerprint density at radius 1 is 1.07 bits per heavy atom. The van der Waals surface area contributed by atoms with Crippen LogP contribution in [0.2, 0.25) is 0 Å². The molecule has 0 spiro atoms. The van der Waals surface area contributed by atoms with Crippen LogP contribution in [0, 0.1) is 0 Å². The van der Waals surface area contributed by atoms with Gasteiger partial charge in [-0.2, -0.15) is 0 Å². The third-order valence-electron chi connectivity index (χ3n) is 4.14. The van der Waals surface area contributed by atoms with Crippen LogP contribution in [0.5, 0.6) is 0 Å². The molecule has 2 rings (SSSR count). The van der Waals surface area contributed by atoms with Gasteiger partial charge in [0.05, 0.1) is 6.10 Å². The molecule has 2 nitrogen and oxygen atoms in total. The molecule has 2 aliphatic rings. The molecular weight excluding hydrogens is 174 g/mol. The summed E-state index contributed by atoms with van der Waals surface area (Å²) in [6.45, 7) is 4.49. The molecule has 0 aromatic heterocycles. The standard InChI is InChI=1S/C12H22NO/c1-12(7-3-2-4-8-12)13-9-5-11(14)6-10-13/h11H,2-10H2,1H3. The number of hydrogen-bond donors (Lipinski definition) is 0. The van der Waals surface area contributed by atoms with E-state index in [4.69, 9.17) is 0 Å². The lowest BCUT2D eigenvalue weighted by Gasteiger charge is -2.46. The fourth-order valence-electron chi connectivity index (χ4n) is 3.03. The van der Waals surface area contributed by atoms with Crippen LogP contribution in [0.3, 0.4) is 0 Å². The maximum atomic E-state index is 11.3. The zero-order valence-corrected chi connectivity index (χ0v) is 9.30. The van der Waals surface area contributed by atoms with Gasteiger partial charge in [-0.3, -0.25) is 4.90 Å². The molecule has 14 heavy (non-hydrogen) atoms. The largest absolute Gasteiger partial charge is 0.298 e. The van der Waals surface area contributed by atoms with E-state index < -0.39 is 0 Å². The first-order valence-electron chi connectivity index (χ1n) is 6.12. The van der Waals surface area contributed by atoms with Crippen molar-refractivity contribution >= 4 is 0 Å². The average molecular weight is 196 g/mol. The van der Waals surface area contributed by atoms with Gasteiger partial charge in [-0.1, -0.05) is 19.3 Å². The molecule has 1 saturated heterocycles. The van der Waals surface area contributed by atoms with Crippen LogP contribution in [0.15, 0.2) is 0 Å². The first-order valence-corrected chi connectivity index (χ1v) is 6.12. The summed E-state index contributed by atoms with van der Waals surface area (Å²) >= 11 is 0. The summed E-state index contributed by atoms with van der Waals surface area (Å²) in [6, 6.07) is 0. The fraction of sp³-hybridized carbons (Fsp3) is 1.00. The molecule has 0 aromatic rings. The van der Waals surface area contributed by atoms with Gasteiger partial charge in [0, 0.05) is 18.6 Å². The molecule has 1 radical (unpaired) electrons. The molecular formula is C12H22NO. The van der Waals surface area contributed by atoms with E-state index in [1.807, 2.05) is 0 Å². The minimum atomic E-state index is -0.279. The molecule has 0 unspecified atom stereocenters. The molecule has 0 amide bonds. The van der Waals surface area contributed by atoms with Gasteiger partial charge >= 0.3 is 0 Å². The Morgan fingerprint density at radius 2 is 1.64 bits per heavy atom. The summed E-state index contributed by atoms with van der Waals surface area (Å²) < 4.78 is 0. The molecule has 2 fully saturated rings. The van der Waals surface area contributed by atoms with Crippen molar-refractivity contribution in [2.45, 2.75) is 63.5 Å². The van der Waals surface area contributed by atoms with E-state index in [9.17, 15) is 5.11 Å². The number of nitrogens with zero attached hydrogens (tertiary/aromatic N) is 1. The van der Waals surface area contributed by atoms with Crippen molar-refractivity contribution in [3.63, 3.8) is 0 Å². The zero-order valence-electron chi connectivity index (χ0n) is 9.30. The van der Waals surface area contributed by atoms with Gasteiger partial charge in [-0.05, 0) is 32.6 Å². The van der Waals surface area contributed by atoms with Crippen molar-refractivity contribution in [2.24, 2.45) is 0 Å². The van der Waals surface area contributed by atoms with Crippen molar-refractivity contribution in [3.05, 3.63) is 0 Å². The highest BCUT2D eigenvalue weighted by Gasteiger charge is 2.35. The Hall–Kier alpha value is -0.0800. The van der Waals surface area contributed by atoms with Crippen molar-refractivity contribution < 1.29 is 5.11 Å². The van der Waals surface area contributed by atoms with E-state index in [0.717, 1.165) is 25.9 Å². The van der Waals surface area contributed by atoms with E-state index in [-0.39, 0.29) is 6.10 Å². The van der Waals surface area contributed by atoms with Gasteiger partial charge in [-0.15, -0.1) is 0 Å². The maximum Gasteiger partial charge on any atom is 0.0954 e. The van der Waals surface area contributed by atoms with Crippen LogP contribution >= 0.6 is 0 Å². The predicted molar refractivity (Wildman–Crippen MR) is 56.8 cm³/mol. The van der Waals surface area contributed by atoms with Crippen molar-refractivity contribution in [1.82, 2.24) is 4.90 Å². The van der Waals surface area contributed by atoms with Crippen molar-refractivity contribution in [1.29, 1.82) is 0 Å². The van der Waals surface area contributed by atoms with Gasteiger partial charge < -0.3 is 0 Å². The second-order valence-corrected chi connectivity index (χ2v) is 5.24. The highest BCUT2D eigenvalue weighted by molar-refractivity contribution is 4.91. The predicted octanol–water partition coefficient (Wildman–Crippen LogP) is 2.60. The summed E-state index contributed by atoms with van der Waals surface area (Å²) in [5.41, 5.74) is 0.429. The van der Waals surface area contributed by atoms with Crippen LogP contribution in [-0.4, -0.2) is 29.6 Å². The van der Waals surface area contributed by atoms with Crippen LogP contribution in [0.4, 0.5) is 0 Å². The summed E-state index contributed by atoms with van der Waals surface area (Å²) in [7, 11) is 0.